The van der Waals surface area contributed by atoms with Crippen LogP contribution in [0.15, 0.2) is 29.2 Å². The van der Waals surface area contributed by atoms with Gasteiger partial charge < -0.3 is 14.8 Å². The van der Waals surface area contributed by atoms with Crippen molar-refractivity contribution in [2.24, 2.45) is 0 Å². The molecule has 0 saturated carbocycles. The Labute approximate surface area is 109 Å². The van der Waals surface area contributed by atoms with Gasteiger partial charge in [-0.05, 0) is 18.2 Å². The highest BCUT2D eigenvalue weighted by Gasteiger charge is 2.04. The number of hydrogen-bond acceptors (Lipinski definition) is 4. The van der Waals surface area contributed by atoms with E-state index >= 15 is 0 Å². The van der Waals surface area contributed by atoms with Crippen LogP contribution in [0, 0.1) is 0 Å². The van der Waals surface area contributed by atoms with Gasteiger partial charge in [-0.1, -0.05) is 6.07 Å². The van der Waals surface area contributed by atoms with Crippen LogP contribution in [0.5, 0.6) is 0 Å². The molecule has 0 aliphatic carbocycles. The number of rotatable bonds is 7. The highest BCUT2D eigenvalue weighted by Crippen LogP contribution is 2.12. The zero-order valence-corrected chi connectivity index (χ0v) is 11.3. The number of anilines is 1. The molecule has 0 spiro atoms. The summed E-state index contributed by atoms with van der Waals surface area (Å²) in [7, 11) is 0.508. The van der Waals surface area contributed by atoms with Crippen molar-refractivity contribution >= 4 is 22.4 Å². The summed E-state index contributed by atoms with van der Waals surface area (Å²) in [5, 5.41) is 2.67. The molecule has 0 saturated heterocycles. The average Bonchev–Trinajstić information content (AvgIpc) is 2.35. The van der Waals surface area contributed by atoms with Crippen LogP contribution >= 0.6 is 0 Å². The normalized spacial score (nSPS) is 12.1. The standard InChI is InChI=1S/C12H17NO4S/c1-16-6-7-17-9-12(14)13-10-4-3-5-11(8-10)18(2)15/h3-5,8H,6-7,9H2,1-2H3,(H,13,14). The Balaban J connectivity index is 2.44. The first-order chi connectivity index (χ1) is 8.63. The van der Waals surface area contributed by atoms with E-state index in [1.807, 2.05) is 0 Å². The number of benzene rings is 1. The third kappa shape index (κ3) is 5.39. The molecule has 1 unspecified atom stereocenters. The van der Waals surface area contributed by atoms with Gasteiger partial charge in [0.1, 0.15) is 6.61 Å². The van der Waals surface area contributed by atoms with Crippen molar-refractivity contribution < 1.29 is 18.5 Å². The summed E-state index contributed by atoms with van der Waals surface area (Å²) in [6, 6.07) is 6.92. The predicted octanol–water partition coefficient (Wildman–Crippen LogP) is 1.03. The number of carbonyl (C=O) groups excluding carboxylic acids is 1. The lowest BCUT2D eigenvalue weighted by Crippen LogP contribution is -2.19. The second kappa shape index (κ2) is 7.97. The fourth-order valence-electron chi connectivity index (χ4n) is 1.26. The maximum atomic E-state index is 11.5. The second-order valence-corrected chi connectivity index (χ2v) is 4.96. The smallest absolute Gasteiger partial charge is 0.250 e. The number of carbonyl (C=O) groups is 1. The van der Waals surface area contributed by atoms with E-state index in [9.17, 15) is 9.00 Å². The minimum atomic E-state index is -1.06. The van der Waals surface area contributed by atoms with Gasteiger partial charge in [-0.25, -0.2) is 0 Å². The van der Waals surface area contributed by atoms with E-state index in [4.69, 9.17) is 9.47 Å². The van der Waals surface area contributed by atoms with Gasteiger partial charge in [0, 0.05) is 34.7 Å². The first-order valence-electron chi connectivity index (χ1n) is 5.43. The van der Waals surface area contributed by atoms with Crippen LogP contribution in [0.3, 0.4) is 0 Å². The second-order valence-electron chi connectivity index (χ2n) is 3.58. The molecule has 0 aliphatic rings. The minimum Gasteiger partial charge on any atom is -0.382 e. The SMILES string of the molecule is COCCOCC(=O)Nc1cccc(S(C)=O)c1. The molecule has 100 valence electrons. The van der Waals surface area contributed by atoms with E-state index in [0.29, 0.717) is 23.8 Å². The van der Waals surface area contributed by atoms with Crippen LogP contribution in [0.25, 0.3) is 0 Å². The van der Waals surface area contributed by atoms with Gasteiger partial charge in [0.2, 0.25) is 5.91 Å². The van der Waals surface area contributed by atoms with Gasteiger partial charge in [-0.15, -0.1) is 0 Å². The Kier molecular flexibility index (Phi) is 6.56. The Morgan fingerprint density at radius 2 is 2.17 bits per heavy atom. The monoisotopic (exact) mass is 271 g/mol. The van der Waals surface area contributed by atoms with Crippen molar-refractivity contribution in [2.75, 3.05) is 38.5 Å². The molecule has 0 aliphatic heterocycles. The summed E-state index contributed by atoms with van der Waals surface area (Å²) in [5.41, 5.74) is 0.614. The van der Waals surface area contributed by atoms with Crippen LogP contribution in [-0.2, 0) is 25.1 Å². The van der Waals surface area contributed by atoms with E-state index in [1.165, 1.54) is 0 Å². The van der Waals surface area contributed by atoms with E-state index in [2.05, 4.69) is 5.32 Å². The minimum absolute atomic E-state index is 0.0250. The van der Waals surface area contributed by atoms with Gasteiger partial charge >= 0.3 is 0 Å². The molecule has 1 aromatic rings. The van der Waals surface area contributed by atoms with E-state index in [0.717, 1.165) is 0 Å². The molecule has 5 nitrogen and oxygen atoms in total. The Bertz CT molecular complexity index is 422. The van der Waals surface area contributed by atoms with Crippen molar-refractivity contribution in [1.82, 2.24) is 0 Å². The van der Waals surface area contributed by atoms with Crippen molar-refractivity contribution in [3.05, 3.63) is 24.3 Å². The number of hydrogen-bond donors (Lipinski definition) is 1. The Hall–Kier alpha value is -1.24. The third-order valence-corrected chi connectivity index (χ3v) is 3.03. The summed E-state index contributed by atoms with van der Waals surface area (Å²) < 4.78 is 21.2. The highest BCUT2D eigenvalue weighted by atomic mass is 32.2. The molecule has 1 rings (SSSR count). The fourth-order valence-corrected chi connectivity index (χ4v) is 1.82. The number of methoxy groups -OCH3 is 1. The summed E-state index contributed by atoms with van der Waals surface area (Å²) in [6.45, 7) is 0.809. The summed E-state index contributed by atoms with van der Waals surface area (Å²) >= 11 is 0. The van der Waals surface area contributed by atoms with Crippen LogP contribution < -0.4 is 5.32 Å². The number of nitrogens with one attached hydrogen (secondary N) is 1. The molecule has 0 fully saturated rings. The Morgan fingerprint density at radius 3 is 2.83 bits per heavy atom. The molecule has 0 heterocycles. The summed E-state index contributed by atoms with van der Waals surface area (Å²) in [4.78, 5) is 12.2. The van der Waals surface area contributed by atoms with Crippen molar-refractivity contribution in [3.63, 3.8) is 0 Å². The zero-order chi connectivity index (χ0) is 13.4. The van der Waals surface area contributed by atoms with Crippen LogP contribution in [-0.4, -0.2) is 43.3 Å². The van der Waals surface area contributed by atoms with Gasteiger partial charge in [0.25, 0.3) is 0 Å². The third-order valence-electron chi connectivity index (χ3n) is 2.11. The van der Waals surface area contributed by atoms with Crippen LogP contribution in [0.4, 0.5) is 5.69 Å². The lowest BCUT2D eigenvalue weighted by atomic mass is 10.3. The van der Waals surface area contributed by atoms with E-state index in [-0.39, 0.29) is 12.5 Å². The molecule has 18 heavy (non-hydrogen) atoms. The van der Waals surface area contributed by atoms with Crippen molar-refractivity contribution in [3.8, 4) is 0 Å². The Morgan fingerprint density at radius 1 is 1.39 bits per heavy atom. The molecular formula is C12H17NO4S. The summed E-state index contributed by atoms with van der Waals surface area (Å²) in [6.07, 6.45) is 1.59. The topological polar surface area (TPSA) is 64.6 Å². The fraction of sp³-hybridized carbons (Fsp3) is 0.417. The van der Waals surface area contributed by atoms with Gasteiger partial charge in [-0.3, -0.25) is 9.00 Å². The molecule has 0 aromatic heterocycles. The molecule has 1 atom stereocenters. The van der Waals surface area contributed by atoms with Crippen molar-refractivity contribution in [1.29, 1.82) is 0 Å². The molecule has 1 N–H and O–H groups in total. The maximum Gasteiger partial charge on any atom is 0.250 e. The highest BCUT2D eigenvalue weighted by molar-refractivity contribution is 7.84. The molecule has 6 heteroatoms. The summed E-state index contributed by atoms with van der Waals surface area (Å²) in [5.74, 6) is -0.245. The van der Waals surface area contributed by atoms with Crippen LogP contribution in [0.1, 0.15) is 0 Å². The molecule has 1 aromatic carbocycles. The van der Waals surface area contributed by atoms with E-state index < -0.39 is 10.8 Å². The number of ether oxygens (including phenoxy) is 2. The average molecular weight is 271 g/mol. The largest absolute Gasteiger partial charge is 0.382 e. The molecule has 0 bridgehead atoms. The van der Waals surface area contributed by atoms with Gasteiger partial charge in [0.05, 0.1) is 13.2 Å². The maximum absolute atomic E-state index is 11.5. The molecule has 0 radical (unpaired) electrons. The lowest BCUT2D eigenvalue weighted by molar-refractivity contribution is -0.121. The zero-order valence-electron chi connectivity index (χ0n) is 10.5. The molecular weight excluding hydrogens is 254 g/mol. The van der Waals surface area contributed by atoms with E-state index in [1.54, 1.807) is 37.6 Å². The molecule has 1 amide bonds. The first kappa shape index (κ1) is 14.8. The van der Waals surface area contributed by atoms with Gasteiger partial charge in [-0.2, -0.15) is 0 Å². The first-order valence-corrected chi connectivity index (χ1v) is 6.99. The van der Waals surface area contributed by atoms with Crippen molar-refractivity contribution in [2.45, 2.75) is 4.90 Å². The van der Waals surface area contributed by atoms with Crippen LogP contribution in [0.2, 0.25) is 0 Å². The number of amides is 1. The quantitative estimate of drug-likeness (QED) is 0.752. The van der Waals surface area contributed by atoms with Gasteiger partial charge in [0.15, 0.2) is 0 Å². The lowest BCUT2D eigenvalue weighted by Gasteiger charge is -2.07. The predicted molar refractivity (Wildman–Crippen MR) is 70.1 cm³/mol.